The first-order valence-corrected chi connectivity index (χ1v) is 9.75. The number of benzene rings is 2. The van der Waals surface area contributed by atoms with Crippen molar-refractivity contribution in [2.24, 2.45) is 4.99 Å². The van der Waals surface area contributed by atoms with Crippen LogP contribution in [0, 0.1) is 0 Å². The molecule has 0 aliphatic rings. The first-order valence-electron chi connectivity index (χ1n) is 9.75. The van der Waals surface area contributed by atoms with Crippen LogP contribution in [0.1, 0.15) is 36.2 Å². The number of anilines is 1. The van der Waals surface area contributed by atoms with E-state index in [1.54, 1.807) is 14.2 Å². The van der Waals surface area contributed by atoms with Crippen molar-refractivity contribution in [3.63, 3.8) is 0 Å². The summed E-state index contributed by atoms with van der Waals surface area (Å²) in [6.45, 7) is 5.86. The van der Waals surface area contributed by atoms with Crippen LogP contribution in [0.5, 0.6) is 11.5 Å². The standard InChI is InChI=1S/C22H30N4O3.HI/c1-5-12-24-21(27)17-9-7-8-16(13-17)15-25-22(23-6-2)26-18-10-11-19(28-3)20(14-18)29-4;/h7-11,13-14H,5-6,12,15H2,1-4H3,(H,24,27)(H2,23,25,26);1H. The van der Waals surface area contributed by atoms with Gasteiger partial charge < -0.3 is 25.4 Å². The minimum Gasteiger partial charge on any atom is -0.493 e. The number of hydrogen-bond donors (Lipinski definition) is 3. The Hall–Kier alpha value is -2.49. The van der Waals surface area contributed by atoms with Crippen molar-refractivity contribution in [2.75, 3.05) is 32.6 Å². The molecule has 0 aliphatic heterocycles. The molecule has 0 aliphatic carbocycles. The minimum absolute atomic E-state index is 0. The van der Waals surface area contributed by atoms with E-state index in [0.717, 1.165) is 24.2 Å². The van der Waals surface area contributed by atoms with E-state index in [4.69, 9.17) is 9.47 Å². The maximum atomic E-state index is 12.2. The van der Waals surface area contributed by atoms with Crippen molar-refractivity contribution in [1.29, 1.82) is 0 Å². The van der Waals surface area contributed by atoms with Gasteiger partial charge in [0.25, 0.3) is 5.91 Å². The van der Waals surface area contributed by atoms with Crippen LogP contribution in [0.2, 0.25) is 0 Å². The van der Waals surface area contributed by atoms with E-state index >= 15 is 0 Å². The number of methoxy groups -OCH3 is 2. The molecular weight excluding hydrogens is 495 g/mol. The Bertz CT molecular complexity index is 843. The normalized spacial score (nSPS) is 10.6. The number of carbonyl (C=O) groups is 1. The molecule has 3 N–H and O–H groups in total. The molecule has 0 atom stereocenters. The highest BCUT2D eigenvalue weighted by molar-refractivity contribution is 14.0. The maximum Gasteiger partial charge on any atom is 0.251 e. The van der Waals surface area contributed by atoms with E-state index < -0.39 is 0 Å². The van der Waals surface area contributed by atoms with Gasteiger partial charge in [0.15, 0.2) is 17.5 Å². The van der Waals surface area contributed by atoms with Gasteiger partial charge in [0.1, 0.15) is 0 Å². The summed E-state index contributed by atoms with van der Waals surface area (Å²) in [4.78, 5) is 16.8. The molecule has 164 valence electrons. The second-order valence-electron chi connectivity index (χ2n) is 6.35. The highest BCUT2D eigenvalue weighted by Gasteiger charge is 2.07. The molecule has 2 rings (SSSR count). The van der Waals surface area contributed by atoms with Crippen LogP contribution in [0.25, 0.3) is 0 Å². The van der Waals surface area contributed by atoms with E-state index in [0.29, 0.717) is 36.1 Å². The van der Waals surface area contributed by atoms with Gasteiger partial charge in [-0.25, -0.2) is 4.99 Å². The number of nitrogens with one attached hydrogen (secondary N) is 3. The van der Waals surface area contributed by atoms with Gasteiger partial charge >= 0.3 is 0 Å². The number of guanidine groups is 1. The van der Waals surface area contributed by atoms with Crippen molar-refractivity contribution in [2.45, 2.75) is 26.8 Å². The zero-order chi connectivity index (χ0) is 21.1. The van der Waals surface area contributed by atoms with Crippen LogP contribution in [0.15, 0.2) is 47.5 Å². The molecule has 7 nitrogen and oxygen atoms in total. The van der Waals surface area contributed by atoms with Crippen molar-refractivity contribution in [3.8, 4) is 11.5 Å². The molecule has 0 bridgehead atoms. The average molecular weight is 526 g/mol. The summed E-state index contributed by atoms with van der Waals surface area (Å²) in [7, 11) is 3.21. The maximum absolute atomic E-state index is 12.2. The lowest BCUT2D eigenvalue weighted by molar-refractivity contribution is 0.0953. The molecule has 2 aromatic carbocycles. The predicted molar refractivity (Wildman–Crippen MR) is 132 cm³/mol. The second-order valence-corrected chi connectivity index (χ2v) is 6.35. The third kappa shape index (κ3) is 7.74. The Morgan fingerprint density at radius 1 is 1.00 bits per heavy atom. The molecule has 0 fully saturated rings. The molecule has 1 amide bonds. The molecule has 8 heteroatoms. The topological polar surface area (TPSA) is 84.0 Å². The Labute approximate surface area is 195 Å². The molecule has 2 aromatic rings. The largest absolute Gasteiger partial charge is 0.493 e. The summed E-state index contributed by atoms with van der Waals surface area (Å²) < 4.78 is 10.6. The molecule has 30 heavy (non-hydrogen) atoms. The van der Waals surface area contributed by atoms with Crippen molar-refractivity contribution in [3.05, 3.63) is 53.6 Å². The van der Waals surface area contributed by atoms with E-state index in [-0.39, 0.29) is 29.9 Å². The lowest BCUT2D eigenvalue weighted by atomic mass is 10.1. The Balaban J connectivity index is 0.00000450. The van der Waals surface area contributed by atoms with Gasteiger partial charge in [-0.2, -0.15) is 0 Å². The van der Waals surface area contributed by atoms with Gasteiger partial charge in [0.2, 0.25) is 0 Å². The van der Waals surface area contributed by atoms with Crippen LogP contribution in [-0.4, -0.2) is 39.2 Å². The molecular formula is C22H31IN4O3. The zero-order valence-corrected chi connectivity index (χ0v) is 20.3. The van der Waals surface area contributed by atoms with Crippen LogP contribution in [-0.2, 0) is 6.54 Å². The van der Waals surface area contributed by atoms with Gasteiger partial charge in [-0.1, -0.05) is 19.1 Å². The third-order valence-electron chi connectivity index (χ3n) is 4.13. The predicted octanol–water partition coefficient (Wildman–Crippen LogP) is 4.04. The quantitative estimate of drug-likeness (QED) is 0.261. The smallest absolute Gasteiger partial charge is 0.251 e. The fraction of sp³-hybridized carbons (Fsp3) is 0.364. The Morgan fingerprint density at radius 2 is 1.77 bits per heavy atom. The van der Waals surface area contributed by atoms with Gasteiger partial charge in [-0.15, -0.1) is 24.0 Å². The fourth-order valence-corrected chi connectivity index (χ4v) is 2.68. The number of amides is 1. The number of halogens is 1. The first kappa shape index (κ1) is 25.5. The number of carbonyl (C=O) groups excluding carboxylic acids is 1. The highest BCUT2D eigenvalue weighted by atomic mass is 127. The minimum atomic E-state index is -0.0620. The van der Waals surface area contributed by atoms with Gasteiger partial charge in [0.05, 0.1) is 20.8 Å². The fourth-order valence-electron chi connectivity index (χ4n) is 2.68. The van der Waals surface area contributed by atoms with Gasteiger partial charge in [-0.3, -0.25) is 4.79 Å². The summed E-state index contributed by atoms with van der Waals surface area (Å²) in [5.74, 6) is 1.88. The van der Waals surface area contributed by atoms with Crippen molar-refractivity contribution < 1.29 is 14.3 Å². The SMILES string of the molecule is CCCNC(=O)c1cccc(CN=C(NCC)Nc2ccc(OC)c(OC)c2)c1.I. The third-order valence-corrected chi connectivity index (χ3v) is 4.13. The summed E-state index contributed by atoms with van der Waals surface area (Å²) in [6, 6.07) is 13.1. The van der Waals surface area contributed by atoms with Crippen LogP contribution >= 0.6 is 24.0 Å². The van der Waals surface area contributed by atoms with E-state index in [1.165, 1.54) is 0 Å². The monoisotopic (exact) mass is 526 g/mol. The first-order chi connectivity index (χ1) is 14.1. The molecule has 0 saturated carbocycles. The number of aliphatic imine (C=N–C) groups is 1. The average Bonchev–Trinajstić information content (AvgIpc) is 2.76. The lowest BCUT2D eigenvalue weighted by Crippen LogP contribution is -2.30. The van der Waals surface area contributed by atoms with Crippen LogP contribution in [0.4, 0.5) is 5.69 Å². The van der Waals surface area contributed by atoms with Crippen LogP contribution in [0.3, 0.4) is 0 Å². The summed E-state index contributed by atoms with van der Waals surface area (Å²) >= 11 is 0. The van der Waals surface area contributed by atoms with Crippen molar-refractivity contribution in [1.82, 2.24) is 10.6 Å². The highest BCUT2D eigenvalue weighted by Crippen LogP contribution is 2.29. The summed E-state index contributed by atoms with van der Waals surface area (Å²) in [5.41, 5.74) is 2.43. The summed E-state index contributed by atoms with van der Waals surface area (Å²) in [6.07, 6.45) is 0.906. The van der Waals surface area contributed by atoms with E-state index in [2.05, 4.69) is 20.9 Å². The number of hydrogen-bond acceptors (Lipinski definition) is 4. The summed E-state index contributed by atoms with van der Waals surface area (Å²) in [5, 5.41) is 9.38. The molecule has 0 unspecified atom stereocenters. The van der Waals surface area contributed by atoms with Crippen LogP contribution < -0.4 is 25.4 Å². The molecule has 0 aromatic heterocycles. The molecule has 0 saturated heterocycles. The zero-order valence-electron chi connectivity index (χ0n) is 18.0. The lowest BCUT2D eigenvalue weighted by Gasteiger charge is -2.14. The molecule has 0 spiro atoms. The number of ether oxygens (including phenoxy) is 2. The number of nitrogens with zero attached hydrogens (tertiary/aromatic N) is 1. The van der Waals surface area contributed by atoms with Gasteiger partial charge in [-0.05, 0) is 43.2 Å². The molecule has 0 heterocycles. The van der Waals surface area contributed by atoms with E-state index in [1.807, 2.05) is 56.3 Å². The number of rotatable bonds is 9. The Morgan fingerprint density at radius 3 is 2.43 bits per heavy atom. The molecule has 0 radical (unpaired) electrons. The van der Waals surface area contributed by atoms with E-state index in [9.17, 15) is 4.79 Å². The Kier molecular flexibility index (Phi) is 11.7. The van der Waals surface area contributed by atoms with Crippen molar-refractivity contribution >= 4 is 41.5 Å². The van der Waals surface area contributed by atoms with Gasteiger partial charge in [0, 0.05) is 30.4 Å². The second kappa shape index (κ2) is 13.7.